The minimum Gasteiger partial charge on any atom is -0.236 e. The van der Waals surface area contributed by atoms with Crippen molar-refractivity contribution in [2.75, 3.05) is 0 Å². The Morgan fingerprint density at radius 3 is 0.938 bits per heavy atom. The average molecular weight is 1690 g/mol. The van der Waals surface area contributed by atoms with Crippen LogP contribution in [0, 0.1) is 0 Å². The lowest BCUT2D eigenvalue weighted by Gasteiger charge is -2.14. The van der Waals surface area contributed by atoms with Crippen molar-refractivity contribution in [3.8, 4) is 98.5 Å². The maximum Gasteiger partial charge on any atom is 0.124 e. The Labute approximate surface area is 756 Å². The van der Waals surface area contributed by atoms with Crippen molar-refractivity contribution in [1.82, 2.24) is 15.0 Å². The van der Waals surface area contributed by atoms with E-state index < -0.39 is 0 Å². The van der Waals surface area contributed by atoms with Crippen LogP contribution in [0.1, 0.15) is 0 Å². The van der Waals surface area contributed by atoms with E-state index in [-0.39, 0.29) is 0 Å². The molecule has 3 aromatic heterocycles. The highest BCUT2D eigenvalue weighted by atomic mass is 32.1. The fourth-order valence-electron chi connectivity index (χ4n) is 19.7. The Kier molecular flexibility index (Phi) is 18.5. The van der Waals surface area contributed by atoms with Crippen LogP contribution in [-0.2, 0) is 0 Å². The molecular weight excluding hydrogens is 1620 g/mol. The van der Waals surface area contributed by atoms with Gasteiger partial charge in [0.2, 0.25) is 0 Å². The van der Waals surface area contributed by atoms with Gasteiger partial charge in [-0.25, -0.2) is 15.0 Å². The Balaban J connectivity index is 0.000000105. The third-order valence-electron chi connectivity index (χ3n) is 25.9. The second-order valence-corrected chi connectivity index (χ2v) is 36.5. The van der Waals surface area contributed by atoms with E-state index in [4.69, 9.17) is 15.0 Å². The largest absolute Gasteiger partial charge is 0.236 e. The van der Waals surface area contributed by atoms with Gasteiger partial charge in [-0.3, -0.25) is 0 Å². The highest BCUT2D eigenvalue weighted by molar-refractivity contribution is 7.23. The van der Waals surface area contributed by atoms with Gasteiger partial charge in [-0.2, -0.15) is 0 Å². The maximum absolute atomic E-state index is 5.05. The van der Waals surface area contributed by atoms with E-state index >= 15 is 0 Å². The Morgan fingerprint density at radius 1 is 0.132 bits per heavy atom. The van der Waals surface area contributed by atoms with Crippen LogP contribution < -0.4 is 0 Å². The summed E-state index contributed by atoms with van der Waals surface area (Å²) in [6.07, 6.45) is 0. The number of aromatic nitrogens is 3. The maximum atomic E-state index is 5.05. The molecular formula is C123H75N3S3. The van der Waals surface area contributed by atoms with E-state index in [2.05, 4.69) is 455 Å². The molecule has 0 saturated heterocycles. The van der Waals surface area contributed by atoms with Gasteiger partial charge in [0.1, 0.15) is 15.0 Å². The lowest BCUT2D eigenvalue weighted by Crippen LogP contribution is -1.87. The van der Waals surface area contributed by atoms with Crippen LogP contribution >= 0.6 is 34.0 Å². The van der Waals surface area contributed by atoms with Crippen LogP contribution in [0.3, 0.4) is 0 Å². The molecule has 0 aliphatic carbocycles. The van der Waals surface area contributed by atoms with Crippen molar-refractivity contribution in [1.29, 1.82) is 0 Å². The number of thiazole rings is 3. The number of nitrogens with zero attached hydrogens (tertiary/aromatic N) is 3. The van der Waals surface area contributed by atoms with Gasteiger partial charge < -0.3 is 0 Å². The first kappa shape index (κ1) is 75.6. The number of hydrogen-bond donors (Lipinski definition) is 0. The second kappa shape index (κ2) is 31.6. The molecule has 0 spiro atoms. The van der Waals surface area contributed by atoms with E-state index in [0.717, 1.165) is 37.1 Å². The van der Waals surface area contributed by atoms with Crippen LogP contribution in [0.2, 0.25) is 0 Å². The van der Waals surface area contributed by atoms with E-state index in [1.165, 1.54) is 221 Å². The van der Waals surface area contributed by atoms with Crippen molar-refractivity contribution in [3.05, 3.63) is 455 Å². The van der Waals surface area contributed by atoms with Crippen LogP contribution in [-0.4, -0.2) is 15.0 Å². The SMILES string of the molecule is c1ccc(-c2nc3ccc4ccc5cc(-c6cccc(-c7cc8ccccc8c8ccccc78)c6)ccc5c4c3s2)cc1.c1ccc(-c2nc3ccc4ccc5cc(-c6cccc(-c7cccc8ccccc78)c6)ccc5c4c3s2)cc1.c1ccc(-c2nc3ccc4ccc5ccc(-c6cccc(-c7cc8ccc9ccccc9c8c8ccccc78)c6)cc5c4c3s2)cc1. The highest BCUT2D eigenvalue weighted by Gasteiger charge is 2.21. The van der Waals surface area contributed by atoms with Crippen LogP contribution in [0.25, 0.3) is 258 Å². The zero-order chi connectivity index (χ0) is 85.0. The van der Waals surface area contributed by atoms with Gasteiger partial charge in [-0.05, 0) is 247 Å². The summed E-state index contributed by atoms with van der Waals surface area (Å²) in [6, 6.07) is 165. The first-order valence-electron chi connectivity index (χ1n) is 43.9. The molecule has 0 fully saturated rings. The van der Waals surface area contributed by atoms with E-state index in [9.17, 15) is 0 Å². The van der Waals surface area contributed by atoms with Gasteiger partial charge in [-0.1, -0.05) is 388 Å². The first-order chi connectivity index (χ1) is 63.9. The monoisotopic (exact) mass is 1690 g/mol. The lowest BCUT2D eigenvalue weighted by molar-refractivity contribution is 1.48. The predicted molar refractivity (Wildman–Crippen MR) is 558 cm³/mol. The average Bonchev–Trinajstić information content (AvgIpc) is 1.75. The van der Waals surface area contributed by atoms with Crippen molar-refractivity contribution < 1.29 is 0 Å². The van der Waals surface area contributed by atoms with Crippen LogP contribution in [0.15, 0.2) is 455 Å². The van der Waals surface area contributed by atoms with Gasteiger partial charge in [0.25, 0.3) is 0 Å². The molecule has 27 aromatic rings. The standard InChI is InChI=1S/C45H27NS.C41H25NS.C37H23NS/c1-2-10-31(11-3-1)45-46-41-24-23-30-20-17-29-18-21-33(26-40(29)43(30)44(41)47-45)32-12-8-13-34(25-32)39-27-35-22-19-28-9-4-5-14-36(28)42(35)38-16-7-6-15-37(38)39;1-2-9-27(10-3-1)41-42-38-22-20-26-17-18-32-24-29(19-21-34(32)39(26)40(38)43-41)28-12-8-13-30(23-28)37-25-31-11-4-5-14-33(31)35-15-6-7-16-36(35)37;1-2-9-26(10-3-1)37-38-34-21-19-25-16-17-30-23-28(18-20-33(30)35(25)36(34)39-37)27-12-6-13-29(22-27)32-15-7-11-24-8-4-5-14-31(24)32/h1-27H;1-25H;1-23H. The summed E-state index contributed by atoms with van der Waals surface area (Å²) in [5, 5.41) is 33.8. The molecule has 27 rings (SSSR count). The van der Waals surface area contributed by atoms with Gasteiger partial charge in [0.05, 0.1) is 30.6 Å². The van der Waals surface area contributed by atoms with Crippen molar-refractivity contribution >= 4 is 194 Å². The summed E-state index contributed by atoms with van der Waals surface area (Å²) in [5.41, 5.74) is 21.5. The minimum atomic E-state index is 1.05. The molecule has 0 radical (unpaired) electrons. The fraction of sp³-hybridized carbons (Fsp3) is 0. The first-order valence-corrected chi connectivity index (χ1v) is 46.3. The molecule has 0 bridgehead atoms. The molecule has 0 saturated carbocycles. The summed E-state index contributed by atoms with van der Waals surface area (Å²) in [6.45, 7) is 0. The zero-order valence-electron chi connectivity index (χ0n) is 69.9. The van der Waals surface area contributed by atoms with E-state index in [1.807, 2.05) is 0 Å². The molecule has 129 heavy (non-hydrogen) atoms. The highest BCUT2D eigenvalue weighted by Crippen LogP contribution is 2.47. The Hall–Kier alpha value is -15.9. The number of hydrogen-bond acceptors (Lipinski definition) is 6. The van der Waals surface area contributed by atoms with Crippen molar-refractivity contribution in [2.24, 2.45) is 0 Å². The normalized spacial score (nSPS) is 11.7. The molecule has 600 valence electrons. The van der Waals surface area contributed by atoms with Crippen LogP contribution in [0.5, 0.6) is 0 Å². The molecule has 3 nitrogen and oxygen atoms in total. The lowest BCUT2D eigenvalue weighted by atomic mass is 9.89. The number of benzene rings is 24. The summed E-state index contributed by atoms with van der Waals surface area (Å²) in [5.74, 6) is 0. The van der Waals surface area contributed by atoms with Gasteiger partial charge in [0, 0.05) is 32.8 Å². The minimum absolute atomic E-state index is 1.05. The molecule has 0 aliphatic heterocycles. The zero-order valence-corrected chi connectivity index (χ0v) is 72.3. The molecule has 0 N–H and O–H groups in total. The molecule has 6 heteroatoms. The number of rotatable bonds is 9. The quantitative estimate of drug-likeness (QED) is 0.135. The Bertz CT molecular complexity index is 9200. The smallest absolute Gasteiger partial charge is 0.124 e. The molecule has 0 atom stereocenters. The van der Waals surface area contributed by atoms with Gasteiger partial charge in [-0.15, -0.1) is 34.0 Å². The van der Waals surface area contributed by atoms with Crippen molar-refractivity contribution in [2.45, 2.75) is 0 Å². The number of fused-ring (bicyclic) bond motifs is 24. The summed E-state index contributed by atoms with van der Waals surface area (Å²) >= 11 is 5.36. The third kappa shape index (κ3) is 13.5. The van der Waals surface area contributed by atoms with Crippen LogP contribution in [0.4, 0.5) is 0 Å². The Morgan fingerprint density at radius 2 is 0.426 bits per heavy atom. The topological polar surface area (TPSA) is 38.7 Å². The van der Waals surface area contributed by atoms with E-state index in [0.29, 0.717) is 0 Å². The second-order valence-electron chi connectivity index (χ2n) is 33.5. The fourth-order valence-corrected chi connectivity index (χ4v) is 23.1. The van der Waals surface area contributed by atoms with E-state index in [1.54, 1.807) is 34.0 Å². The summed E-state index contributed by atoms with van der Waals surface area (Å²) in [7, 11) is 0. The summed E-state index contributed by atoms with van der Waals surface area (Å²) in [4.78, 5) is 15.0. The molecule has 0 aliphatic rings. The molecule has 3 heterocycles. The molecule has 0 amide bonds. The molecule has 24 aromatic carbocycles. The van der Waals surface area contributed by atoms with Gasteiger partial charge in [0.15, 0.2) is 0 Å². The predicted octanol–water partition coefficient (Wildman–Crippen LogP) is 35.7. The van der Waals surface area contributed by atoms with Gasteiger partial charge >= 0.3 is 0 Å². The third-order valence-corrected chi connectivity index (χ3v) is 29.4. The molecule has 0 unspecified atom stereocenters. The van der Waals surface area contributed by atoms with Crippen molar-refractivity contribution in [3.63, 3.8) is 0 Å². The summed E-state index contributed by atoms with van der Waals surface area (Å²) < 4.78 is 3.75.